The molecule has 1 aliphatic heterocycles. The number of hydrogen-bond donors (Lipinski definition) is 0. The van der Waals surface area contributed by atoms with Crippen molar-refractivity contribution in [1.82, 2.24) is 9.29 Å². The molecule has 2 unspecified atom stereocenters. The van der Waals surface area contributed by atoms with Gasteiger partial charge in [0.05, 0.1) is 5.02 Å². The molecule has 0 amide bonds. The number of halogens is 1. The highest BCUT2D eigenvalue weighted by atomic mass is 35.5. The van der Waals surface area contributed by atoms with E-state index in [9.17, 15) is 8.42 Å². The minimum Gasteiger partial charge on any atom is -0.263 e. The van der Waals surface area contributed by atoms with E-state index < -0.39 is 10.0 Å². The molecule has 1 aromatic rings. The van der Waals surface area contributed by atoms with Crippen molar-refractivity contribution in [2.24, 2.45) is 5.92 Å². The topological polar surface area (TPSA) is 50.3 Å². The molecule has 0 spiro atoms. The second-order valence-corrected chi connectivity index (χ2v) is 7.18. The third-order valence-electron chi connectivity index (χ3n) is 3.38. The Morgan fingerprint density at radius 2 is 2.11 bits per heavy atom. The molecule has 0 bridgehead atoms. The van der Waals surface area contributed by atoms with Crippen LogP contribution < -0.4 is 0 Å². The highest BCUT2D eigenvalue weighted by Gasteiger charge is 2.34. The maximum Gasteiger partial charge on any atom is 0.246 e. The van der Waals surface area contributed by atoms with E-state index in [1.165, 1.54) is 18.5 Å². The van der Waals surface area contributed by atoms with Gasteiger partial charge in [0.1, 0.15) is 4.90 Å². The number of sulfonamides is 1. The van der Waals surface area contributed by atoms with Gasteiger partial charge in [-0.1, -0.05) is 18.5 Å². The zero-order chi connectivity index (χ0) is 13.3. The van der Waals surface area contributed by atoms with E-state index in [4.69, 9.17) is 11.6 Å². The minimum atomic E-state index is -3.54. The summed E-state index contributed by atoms with van der Waals surface area (Å²) in [6.45, 7) is 4.56. The van der Waals surface area contributed by atoms with Gasteiger partial charge >= 0.3 is 0 Å². The molecule has 1 saturated heterocycles. The van der Waals surface area contributed by atoms with Gasteiger partial charge in [0.25, 0.3) is 0 Å². The third kappa shape index (κ3) is 2.53. The normalized spacial score (nSPS) is 26.2. The molecule has 6 heteroatoms. The first-order valence-electron chi connectivity index (χ1n) is 6.04. The summed E-state index contributed by atoms with van der Waals surface area (Å²) in [7, 11) is -3.54. The van der Waals surface area contributed by atoms with Crippen molar-refractivity contribution in [3.8, 4) is 0 Å². The van der Waals surface area contributed by atoms with E-state index in [0.717, 1.165) is 12.8 Å². The number of pyridine rings is 1. The highest BCUT2D eigenvalue weighted by molar-refractivity contribution is 7.89. The molecule has 100 valence electrons. The predicted octanol–water partition coefficient (Wildman–Crippen LogP) is 2.54. The van der Waals surface area contributed by atoms with Crippen LogP contribution in [-0.4, -0.2) is 30.3 Å². The van der Waals surface area contributed by atoms with Crippen LogP contribution in [0, 0.1) is 5.92 Å². The van der Waals surface area contributed by atoms with E-state index >= 15 is 0 Å². The van der Waals surface area contributed by atoms with Crippen molar-refractivity contribution in [3.63, 3.8) is 0 Å². The van der Waals surface area contributed by atoms with Gasteiger partial charge in [-0.3, -0.25) is 4.98 Å². The van der Waals surface area contributed by atoms with Crippen molar-refractivity contribution < 1.29 is 8.42 Å². The monoisotopic (exact) mass is 288 g/mol. The average molecular weight is 289 g/mol. The molecule has 0 saturated carbocycles. The van der Waals surface area contributed by atoms with Crippen LogP contribution in [0.5, 0.6) is 0 Å². The Morgan fingerprint density at radius 1 is 1.39 bits per heavy atom. The minimum absolute atomic E-state index is 0.0162. The fourth-order valence-corrected chi connectivity index (χ4v) is 4.45. The van der Waals surface area contributed by atoms with Gasteiger partial charge in [0.2, 0.25) is 10.0 Å². The zero-order valence-corrected chi connectivity index (χ0v) is 12.1. The van der Waals surface area contributed by atoms with Crippen molar-refractivity contribution in [2.45, 2.75) is 37.6 Å². The molecular weight excluding hydrogens is 272 g/mol. The SMILES string of the molecule is CC1CCC(C)N(S(=O)(=O)c2cnccc2Cl)C1. The van der Waals surface area contributed by atoms with Gasteiger partial charge in [0.15, 0.2) is 0 Å². The molecule has 2 heterocycles. The van der Waals surface area contributed by atoms with Crippen LogP contribution in [0.2, 0.25) is 5.02 Å². The Hall–Kier alpha value is -0.650. The van der Waals surface area contributed by atoms with Crippen LogP contribution in [0.25, 0.3) is 0 Å². The Labute approximate surface area is 113 Å². The van der Waals surface area contributed by atoms with Crippen LogP contribution in [0.15, 0.2) is 23.4 Å². The largest absolute Gasteiger partial charge is 0.263 e. The molecule has 2 atom stereocenters. The van der Waals surface area contributed by atoms with E-state index in [1.807, 2.05) is 6.92 Å². The summed E-state index contributed by atoms with van der Waals surface area (Å²) < 4.78 is 26.7. The first kappa shape index (κ1) is 13.8. The number of piperidine rings is 1. The maximum atomic E-state index is 12.6. The lowest BCUT2D eigenvalue weighted by Crippen LogP contribution is -2.44. The Bertz CT molecular complexity index is 533. The molecule has 1 aromatic heterocycles. The van der Waals surface area contributed by atoms with Crippen LogP contribution in [0.3, 0.4) is 0 Å². The summed E-state index contributed by atoms with van der Waals surface area (Å²) in [5, 5.41) is 0.232. The van der Waals surface area contributed by atoms with E-state index in [-0.39, 0.29) is 16.0 Å². The maximum absolute atomic E-state index is 12.6. The fourth-order valence-electron chi connectivity index (χ4n) is 2.26. The predicted molar refractivity (Wildman–Crippen MR) is 71.0 cm³/mol. The quantitative estimate of drug-likeness (QED) is 0.840. The molecule has 0 aliphatic carbocycles. The molecular formula is C12H17ClN2O2S. The van der Waals surface area contributed by atoms with Gasteiger partial charge in [-0.15, -0.1) is 0 Å². The lowest BCUT2D eigenvalue weighted by atomic mass is 9.97. The van der Waals surface area contributed by atoms with Gasteiger partial charge in [-0.2, -0.15) is 4.31 Å². The number of rotatable bonds is 2. The third-order valence-corrected chi connectivity index (χ3v) is 5.83. The lowest BCUT2D eigenvalue weighted by Gasteiger charge is -2.35. The van der Waals surface area contributed by atoms with E-state index in [2.05, 4.69) is 11.9 Å². The Morgan fingerprint density at radius 3 is 2.78 bits per heavy atom. The molecule has 0 N–H and O–H groups in total. The molecule has 1 aliphatic rings. The molecule has 18 heavy (non-hydrogen) atoms. The lowest BCUT2D eigenvalue weighted by molar-refractivity contribution is 0.218. The molecule has 0 radical (unpaired) electrons. The smallest absolute Gasteiger partial charge is 0.246 e. The second-order valence-electron chi connectivity index (χ2n) is 4.91. The Kier molecular flexibility index (Phi) is 3.94. The highest BCUT2D eigenvalue weighted by Crippen LogP contribution is 2.30. The van der Waals surface area contributed by atoms with Crippen LogP contribution >= 0.6 is 11.6 Å². The zero-order valence-electron chi connectivity index (χ0n) is 10.5. The summed E-state index contributed by atoms with van der Waals surface area (Å²) >= 11 is 5.97. The first-order chi connectivity index (χ1) is 8.43. The fraction of sp³-hybridized carbons (Fsp3) is 0.583. The summed E-state index contributed by atoms with van der Waals surface area (Å²) in [6, 6.07) is 1.52. The molecule has 1 fully saturated rings. The van der Waals surface area contributed by atoms with Gasteiger partial charge in [-0.05, 0) is 31.7 Å². The second kappa shape index (κ2) is 5.15. The molecule has 4 nitrogen and oxygen atoms in total. The van der Waals surface area contributed by atoms with Gasteiger partial charge < -0.3 is 0 Å². The molecule has 2 rings (SSSR count). The van der Waals surface area contributed by atoms with Gasteiger partial charge in [0, 0.05) is 25.0 Å². The first-order valence-corrected chi connectivity index (χ1v) is 7.86. The average Bonchev–Trinajstić information content (AvgIpc) is 2.32. The Balaban J connectivity index is 2.39. The van der Waals surface area contributed by atoms with Crippen molar-refractivity contribution >= 4 is 21.6 Å². The summed E-state index contributed by atoms with van der Waals surface area (Å²) in [6.07, 6.45) is 4.76. The number of hydrogen-bond acceptors (Lipinski definition) is 3. The number of aromatic nitrogens is 1. The molecule has 0 aromatic carbocycles. The van der Waals surface area contributed by atoms with Crippen LogP contribution in [0.4, 0.5) is 0 Å². The van der Waals surface area contributed by atoms with Crippen molar-refractivity contribution in [1.29, 1.82) is 0 Å². The van der Waals surface area contributed by atoms with Crippen molar-refractivity contribution in [3.05, 3.63) is 23.5 Å². The van der Waals surface area contributed by atoms with Crippen LogP contribution in [0.1, 0.15) is 26.7 Å². The summed E-state index contributed by atoms with van der Waals surface area (Å²) in [5.41, 5.74) is 0. The van der Waals surface area contributed by atoms with Gasteiger partial charge in [-0.25, -0.2) is 8.42 Å². The van der Waals surface area contributed by atoms with Crippen molar-refractivity contribution in [2.75, 3.05) is 6.54 Å². The van der Waals surface area contributed by atoms with Crippen LogP contribution in [-0.2, 0) is 10.0 Å². The standard InChI is InChI=1S/C12H17ClN2O2S/c1-9-3-4-10(2)15(8-9)18(16,17)12-7-14-6-5-11(12)13/h5-7,9-10H,3-4,8H2,1-2H3. The summed E-state index contributed by atoms with van der Waals surface area (Å²) in [5.74, 6) is 0.381. The van der Waals surface area contributed by atoms with E-state index in [1.54, 1.807) is 4.31 Å². The summed E-state index contributed by atoms with van der Waals surface area (Å²) in [4.78, 5) is 3.96. The van der Waals surface area contributed by atoms with E-state index in [0.29, 0.717) is 12.5 Å². The number of nitrogens with zero attached hydrogens (tertiary/aromatic N) is 2.